The molecule has 0 bridgehead atoms. The van der Waals surface area contributed by atoms with Crippen LogP contribution in [0.1, 0.15) is 11.1 Å². The molecule has 4 nitrogen and oxygen atoms in total. The molecule has 1 aromatic rings. The van der Waals surface area contributed by atoms with Crippen LogP contribution in [-0.2, 0) is 27.3 Å². The molecule has 0 amide bonds. The molecule has 1 rings (SSSR count). The Balaban J connectivity index is 2.98. The van der Waals surface area contributed by atoms with Crippen LogP contribution in [0, 0.1) is 5.82 Å². The highest BCUT2D eigenvalue weighted by molar-refractivity contribution is 7.84. The first kappa shape index (κ1) is 13.9. The van der Waals surface area contributed by atoms with Crippen LogP contribution >= 0.6 is 0 Å². The Morgan fingerprint density at radius 2 is 1.88 bits per heavy atom. The van der Waals surface area contributed by atoms with Crippen molar-refractivity contribution in [2.75, 3.05) is 0 Å². The standard InChI is InChI=1S/C8H7F4NO3S/c9-7-2-1-5(4-16-17(13,14)15)3-6(7)8(10,11)12/h1-3H,4H2,(H2,13,14,15). The zero-order valence-corrected chi connectivity index (χ0v) is 8.98. The lowest BCUT2D eigenvalue weighted by Gasteiger charge is -2.09. The molecule has 1 aromatic carbocycles. The summed E-state index contributed by atoms with van der Waals surface area (Å²) in [5.74, 6) is -1.45. The number of hydrogen-bond donors (Lipinski definition) is 1. The van der Waals surface area contributed by atoms with Gasteiger partial charge in [0.2, 0.25) is 0 Å². The summed E-state index contributed by atoms with van der Waals surface area (Å²) in [6.45, 7) is -0.692. The van der Waals surface area contributed by atoms with Crippen LogP contribution in [0.2, 0.25) is 0 Å². The highest BCUT2D eigenvalue weighted by atomic mass is 32.2. The Morgan fingerprint density at radius 1 is 1.29 bits per heavy atom. The maximum absolute atomic E-state index is 12.8. The van der Waals surface area contributed by atoms with Gasteiger partial charge >= 0.3 is 16.5 Å². The Bertz CT molecular complexity index is 512. The molecule has 0 radical (unpaired) electrons. The molecule has 0 aliphatic carbocycles. The van der Waals surface area contributed by atoms with Crippen molar-refractivity contribution in [3.63, 3.8) is 0 Å². The molecule has 9 heteroatoms. The fourth-order valence-corrected chi connectivity index (χ4v) is 1.33. The molecule has 2 N–H and O–H groups in total. The number of hydrogen-bond acceptors (Lipinski definition) is 3. The number of halogens is 4. The highest BCUT2D eigenvalue weighted by Gasteiger charge is 2.34. The van der Waals surface area contributed by atoms with Crippen molar-refractivity contribution in [3.8, 4) is 0 Å². The Kier molecular flexibility index (Phi) is 3.74. The molecule has 0 aliphatic heterocycles. The second-order valence-corrected chi connectivity index (χ2v) is 4.29. The Morgan fingerprint density at radius 3 is 2.35 bits per heavy atom. The molecular weight excluding hydrogens is 266 g/mol. The van der Waals surface area contributed by atoms with Crippen LogP contribution in [0.15, 0.2) is 18.2 Å². The first-order valence-corrected chi connectivity index (χ1v) is 5.59. The summed E-state index contributed by atoms with van der Waals surface area (Å²) >= 11 is 0. The molecule has 0 heterocycles. The zero-order chi connectivity index (χ0) is 13.3. The third-order valence-corrected chi connectivity index (χ3v) is 2.17. The molecule has 0 unspecified atom stereocenters. The van der Waals surface area contributed by atoms with Gasteiger partial charge in [0.05, 0.1) is 12.2 Å². The molecule has 0 saturated heterocycles. The number of alkyl halides is 3. The lowest BCUT2D eigenvalue weighted by atomic mass is 10.1. The maximum atomic E-state index is 12.8. The summed E-state index contributed by atoms with van der Waals surface area (Å²) < 4.78 is 74.6. The first-order valence-electron chi connectivity index (χ1n) is 4.12. The molecular formula is C8H7F4NO3S. The van der Waals surface area contributed by atoms with Gasteiger partial charge in [0.15, 0.2) is 0 Å². The fraction of sp³-hybridized carbons (Fsp3) is 0.250. The van der Waals surface area contributed by atoms with Crippen LogP contribution in [-0.4, -0.2) is 8.42 Å². The Hall–Kier alpha value is -1.19. The first-order chi connectivity index (χ1) is 7.59. The van der Waals surface area contributed by atoms with E-state index in [0.29, 0.717) is 12.1 Å². The smallest absolute Gasteiger partial charge is 0.253 e. The van der Waals surface area contributed by atoms with Crippen LogP contribution in [0.3, 0.4) is 0 Å². The van der Waals surface area contributed by atoms with E-state index in [1.807, 2.05) is 0 Å². The van der Waals surface area contributed by atoms with Crippen molar-refractivity contribution in [1.82, 2.24) is 0 Å². The van der Waals surface area contributed by atoms with Crippen LogP contribution in [0.4, 0.5) is 17.6 Å². The van der Waals surface area contributed by atoms with E-state index < -0.39 is 34.5 Å². The summed E-state index contributed by atoms with van der Waals surface area (Å²) in [4.78, 5) is 0. The van der Waals surface area contributed by atoms with E-state index >= 15 is 0 Å². The van der Waals surface area contributed by atoms with E-state index in [1.54, 1.807) is 0 Å². The van der Waals surface area contributed by atoms with Gasteiger partial charge in [-0.2, -0.15) is 21.6 Å². The SMILES string of the molecule is NS(=O)(=O)OCc1ccc(F)c(C(F)(F)F)c1. The molecule has 96 valence electrons. The minimum atomic E-state index is -4.86. The lowest BCUT2D eigenvalue weighted by Crippen LogP contribution is -2.16. The minimum absolute atomic E-state index is 0.159. The normalized spacial score (nSPS) is 12.8. The molecule has 0 saturated carbocycles. The van der Waals surface area contributed by atoms with Gasteiger partial charge in [0.1, 0.15) is 5.82 Å². The van der Waals surface area contributed by atoms with E-state index in [2.05, 4.69) is 9.32 Å². The number of benzene rings is 1. The van der Waals surface area contributed by atoms with Gasteiger partial charge in [-0.05, 0) is 17.7 Å². The van der Waals surface area contributed by atoms with E-state index in [9.17, 15) is 26.0 Å². The molecule has 0 fully saturated rings. The molecule has 17 heavy (non-hydrogen) atoms. The summed E-state index contributed by atoms with van der Waals surface area (Å²) in [5, 5.41) is 4.49. The van der Waals surface area contributed by atoms with Crippen LogP contribution < -0.4 is 5.14 Å². The van der Waals surface area contributed by atoms with Gasteiger partial charge < -0.3 is 0 Å². The predicted molar refractivity (Wildman–Crippen MR) is 49.3 cm³/mol. The van der Waals surface area contributed by atoms with Gasteiger partial charge in [-0.1, -0.05) is 6.07 Å². The third-order valence-electron chi connectivity index (χ3n) is 1.73. The summed E-state index contributed by atoms with van der Waals surface area (Å²) in [5.41, 5.74) is -1.65. The fourth-order valence-electron chi connectivity index (χ4n) is 1.03. The molecule has 0 aromatic heterocycles. The largest absolute Gasteiger partial charge is 0.419 e. The minimum Gasteiger partial charge on any atom is -0.253 e. The van der Waals surface area contributed by atoms with Crippen LogP contribution in [0.25, 0.3) is 0 Å². The second kappa shape index (κ2) is 4.59. The van der Waals surface area contributed by atoms with E-state index in [0.717, 1.165) is 6.07 Å². The average molecular weight is 273 g/mol. The van der Waals surface area contributed by atoms with Gasteiger partial charge in [-0.3, -0.25) is 4.18 Å². The van der Waals surface area contributed by atoms with E-state index in [-0.39, 0.29) is 5.56 Å². The molecule has 0 aliphatic rings. The van der Waals surface area contributed by atoms with E-state index in [1.165, 1.54) is 0 Å². The Labute approximate surface area is 94.2 Å². The van der Waals surface area contributed by atoms with Gasteiger partial charge in [0, 0.05) is 0 Å². The van der Waals surface area contributed by atoms with Gasteiger partial charge in [-0.15, -0.1) is 0 Å². The van der Waals surface area contributed by atoms with E-state index in [4.69, 9.17) is 0 Å². The highest BCUT2D eigenvalue weighted by Crippen LogP contribution is 2.31. The summed E-state index contributed by atoms with van der Waals surface area (Å²) in [7, 11) is -4.26. The van der Waals surface area contributed by atoms with Crippen molar-refractivity contribution in [1.29, 1.82) is 0 Å². The zero-order valence-electron chi connectivity index (χ0n) is 8.16. The van der Waals surface area contributed by atoms with Crippen molar-refractivity contribution in [2.45, 2.75) is 12.8 Å². The van der Waals surface area contributed by atoms with Crippen molar-refractivity contribution >= 4 is 10.3 Å². The number of nitrogens with two attached hydrogens (primary N) is 1. The summed E-state index contributed by atoms with van der Waals surface area (Å²) in [6, 6.07) is 2.00. The topological polar surface area (TPSA) is 69.4 Å². The van der Waals surface area contributed by atoms with Crippen LogP contribution in [0.5, 0.6) is 0 Å². The average Bonchev–Trinajstić information content (AvgIpc) is 2.13. The number of rotatable bonds is 3. The van der Waals surface area contributed by atoms with Crippen molar-refractivity contribution in [2.24, 2.45) is 5.14 Å². The second-order valence-electron chi connectivity index (χ2n) is 3.07. The monoisotopic (exact) mass is 273 g/mol. The predicted octanol–water partition coefficient (Wildman–Crippen LogP) is 1.56. The summed E-state index contributed by atoms with van der Waals surface area (Å²) in [6.07, 6.45) is -4.86. The van der Waals surface area contributed by atoms with Crippen molar-refractivity contribution in [3.05, 3.63) is 35.1 Å². The van der Waals surface area contributed by atoms with Crippen molar-refractivity contribution < 1.29 is 30.2 Å². The lowest BCUT2D eigenvalue weighted by molar-refractivity contribution is -0.140. The van der Waals surface area contributed by atoms with Gasteiger partial charge in [0.25, 0.3) is 0 Å². The third kappa shape index (κ3) is 4.29. The molecule has 0 atom stereocenters. The molecule has 0 spiro atoms. The van der Waals surface area contributed by atoms with Gasteiger partial charge in [-0.25, -0.2) is 9.53 Å². The quantitative estimate of drug-likeness (QED) is 0.850. The maximum Gasteiger partial charge on any atom is 0.419 e.